The predicted molar refractivity (Wildman–Crippen MR) is 152 cm³/mol. The Bertz CT molecular complexity index is 1690. The average Bonchev–Trinajstić information content (AvgIpc) is 3.57. The number of rotatable bonds is 9. The molecule has 2 atom stereocenters. The van der Waals surface area contributed by atoms with Gasteiger partial charge in [0.25, 0.3) is 11.4 Å². The summed E-state index contributed by atoms with van der Waals surface area (Å²) in [6, 6.07) is 14.8. The van der Waals surface area contributed by atoms with Crippen LogP contribution < -0.4 is 10.7 Å². The van der Waals surface area contributed by atoms with Gasteiger partial charge in [-0.15, -0.1) is 10.2 Å². The summed E-state index contributed by atoms with van der Waals surface area (Å²) in [4.78, 5) is 21.0. The molecule has 0 saturated carbocycles. The Kier molecular flexibility index (Phi) is 7.75. The lowest BCUT2D eigenvalue weighted by Gasteiger charge is -2.42. The molecular formula is C26H21F2N7O4S2. The summed E-state index contributed by atoms with van der Waals surface area (Å²) in [5.74, 6) is -2.12. The summed E-state index contributed by atoms with van der Waals surface area (Å²) in [5.41, 5.74) is 6.44. The first-order valence-corrected chi connectivity index (χ1v) is 13.8. The van der Waals surface area contributed by atoms with Gasteiger partial charge in [-0.05, 0) is 49.2 Å². The van der Waals surface area contributed by atoms with Crippen LogP contribution in [0.4, 0.5) is 25.3 Å². The summed E-state index contributed by atoms with van der Waals surface area (Å²) >= 11 is 2.21. The minimum Gasteiger partial charge on any atom is -0.330 e. The van der Waals surface area contributed by atoms with Crippen LogP contribution in [-0.2, 0) is 4.87 Å². The zero-order valence-corrected chi connectivity index (χ0v) is 22.9. The summed E-state index contributed by atoms with van der Waals surface area (Å²) < 4.78 is 29.4. The number of benzene rings is 3. The Morgan fingerprint density at radius 2 is 1.71 bits per heavy atom. The number of nitrogens with zero attached hydrogens (tertiary/aromatic N) is 6. The van der Waals surface area contributed by atoms with Gasteiger partial charge in [0.2, 0.25) is 5.13 Å². The number of thioether (sulfide) groups is 1. The fourth-order valence-electron chi connectivity index (χ4n) is 4.76. The van der Waals surface area contributed by atoms with Crippen LogP contribution in [0.15, 0.2) is 71.8 Å². The molecule has 11 nitrogen and oxygen atoms in total. The predicted octanol–water partition coefficient (Wildman–Crippen LogP) is 5.84. The molecule has 2 heterocycles. The molecule has 0 amide bonds. The van der Waals surface area contributed by atoms with Crippen LogP contribution in [0.25, 0.3) is 0 Å². The van der Waals surface area contributed by atoms with Crippen LogP contribution in [0.1, 0.15) is 34.0 Å². The summed E-state index contributed by atoms with van der Waals surface area (Å²) in [6.07, 6.45) is 0.236. The van der Waals surface area contributed by atoms with E-state index >= 15 is 4.39 Å². The molecule has 0 radical (unpaired) electrons. The molecule has 41 heavy (non-hydrogen) atoms. The van der Waals surface area contributed by atoms with Gasteiger partial charge in [-0.3, -0.25) is 20.2 Å². The molecule has 2 unspecified atom stereocenters. The highest BCUT2D eigenvalue weighted by atomic mass is 32.2. The fourth-order valence-corrected chi connectivity index (χ4v) is 7.05. The first-order valence-electron chi connectivity index (χ1n) is 12.2. The monoisotopic (exact) mass is 597 g/mol. The first kappa shape index (κ1) is 28.2. The maximum absolute atomic E-state index is 15.1. The highest BCUT2D eigenvalue weighted by Crippen LogP contribution is 2.58. The number of non-ortho nitro benzene ring substituents is 2. The van der Waals surface area contributed by atoms with Crippen molar-refractivity contribution in [3.8, 4) is 0 Å². The Morgan fingerprint density at radius 3 is 2.37 bits per heavy atom. The van der Waals surface area contributed by atoms with Crippen molar-refractivity contribution in [3.63, 3.8) is 0 Å². The van der Waals surface area contributed by atoms with E-state index in [2.05, 4.69) is 10.2 Å². The lowest BCUT2D eigenvalue weighted by Crippen LogP contribution is -2.44. The molecule has 0 fully saturated rings. The highest BCUT2D eigenvalue weighted by Gasteiger charge is 2.54. The lowest BCUT2D eigenvalue weighted by atomic mass is 9.83. The quantitative estimate of drug-likeness (QED) is 0.185. The molecule has 0 saturated heterocycles. The summed E-state index contributed by atoms with van der Waals surface area (Å²) in [6.45, 7) is 1.85. The van der Waals surface area contributed by atoms with Crippen LogP contribution in [-0.4, -0.2) is 31.6 Å². The third-order valence-electron chi connectivity index (χ3n) is 6.49. The largest absolute Gasteiger partial charge is 0.330 e. The number of hydrogen-bond donors (Lipinski definition) is 1. The first-order chi connectivity index (χ1) is 19.6. The van der Waals surface area contributed by atoms with Crippen molar-refractivity contribution < 1.29 is 18.6 Å². The Labute approximate surface area is 240 Å². The van der Waals surface area contributed by atoms with E-state index < -0.39 is 32.3 Å². The standard InChI is InChI=1S/C26H21F2N7O4S2/c1-15-30-31-25(40-15)33-26(17-5-3-7-20(13-17)35(38)39,41-24(32-33)21-14-18(27)8-9-23(21)28)22(10-11-29)16-4-2-6-19(12-16)34(36)37/h2-9,12-14,22H,10-11,29H2,1H3. The van der Waals surface area contributed by atoms with E-state index in [0.29, 0.717) is 16.1 Å². The fraction of sp³-hybridized carbons (Fsp3) is 0.192. The number of hydrazone groups is 1. The van der Waals surface area contributed by atoms with Gasteiger partial charge in [0.1, 0.15) is 26.6 Å². The second-order valence-corrected chi connectivity index (χ2v) is 11.4. The third-order valence-corrected chi connectivity index (χ3v) is 8.81. The zero-order valence-electron chi connectivity index (χ0n) is 21.3. The molecular weight excluding hydrogens is 576 g/mol. The van der Waals surface area contributed by atoms with Crippen LogP contribution in [0.2, 0.25) is 0 Å². The van der Waals surface area contributed by atoms with E-state index in [4.69, 9.17) is 10.8 Å². The minimum atomic E-state index is -1.43. The van der Waals surface area contributed by atoms with Gasteiger partial charge in [0.05, 0.1) is 9.85 Å². The molecule has 1 aromatic heterocycles. The van der Waals surface area contributed by atoms with Gasteiger partial charge >= 0.3 is 0 Å². The van der Waals surface area contributed by atoms with E-state index in [1.54, 1.807) is 19.1 Å². The second-order valence-electron chi connectivity index (χ2n) is 9.03. The molecule has 2 N–H and O–H groups in total. The number of halogens is 2. The minimum absolute atomic E-state index is 0.0776. The van der Waals surface area contributed by atoms with Crippen LogP contribution in [0.5, 0.6) is 0 Å². The maximum atomic E-state index is 15.1. The number of nitro groups is 2. The molecule has 15 heteroatoms. The molecule has 0 bridgehead atoms. The number of hydrogen-bond acceptors (Lipinski definition) is 11. The number of anilines is 1. The van der Waals surface area contributed by atoms with Gasteiger partial charge < -0.3 is 5.73 Å². The maximum Gasteiger partial charge on any atom is 0.269 e. The van der Waals surface area contributed by atoms with E-state index in [9.17, 15) is 24.6 Å². The molecule has 210 valence electrons. The Morgan fingerprint density at radius 1 is 1.00 bits per heavy atom. The summed E-state index contributed by atoms with van der Waals surface area (Å²) in [5, 5.41) is 39.0. The van der Waals surface area contributed by atoms with Crippen molar-refractivity contribution in [1.29, 1.82) is 0 Å². The smallest absolute Gasteiger partial charge is 0.269 e. The number of nitro benzene ring substituents is 2. The lowest BCUT2D eigenvalue weighted by molar-refractivity contribution is -0.385. The molecule has 4 aromatic rings. The van der Waals surface area contributed by atoms with E-state index in [0.717, 1.165) is 30.0 Å². The van der Waals surface area contributed by atoms with Crippen molar-refractivity contribution in [3.05, 3.63) is 120 Å². The van der Waals surface area contributed by atoms with Gasteiger partial charge in [-0.1, -0.05) is 47.4 Å². The van der Waals surface area contributed by atoms with Gasteiger partial charge in [0.15, 0.2) is 0 Å². The van der Waals surface area contributed by atoms with Crippen LogP contribution >= 0.6 is 23.1 Å². The van der Waals surface area contributed by atoms with E-state index in [-0.39, 0.29) is 40.1 Å². The molecule has 5 rings (SSSR count). The topological polar surface area (TPSA) is 154 Å². The van der Waals surface area contributed by atoms with Crippen molar-refractivity contribution in [2.24, 2.45) is 10.8 Å². The molecule has 1 aliphatic rings. The zero-order chi connectivity index (χ0) is 29.3. The Hall–Kier alpha value is -4.34. The van der Waals surface area contributed by atoms with Crippen LogP contribution in [0.3, 0.4) is 0 Å². The van der Waals surface area contributed by atoms with Crippen LogP contribution in [0, 0.1) is 38.8 Å². The second kappa shape index (κ2) is 11.3. The van der Waals surface area contributed by atoms with Gasteiger partial charge in [0, 0.05) is 35.7 Å². The third kappa shape index (κ3) is 5.26. The molecule has 0 aliphatic carbocycles. The Balaban J connectivity index is 1.83. The molecule has 1 aliphatic heterocycles. The summed E-state index contributed by atoms with van der Waals surface area (Å²) in [7, 11) is 0. The highest BCUT2D eigenvalue weighted by molar-refractivity contribution is 8.15. The number of nitrogens with two attached hydrogens (primary N) is 1. The van der Waals surface area contributed by atoms with Crippen molar-refractivity contribution >= 4 is 44.6 Å². The average molecular weight is 598 g/mol. The molecule has 3 aromatic carbocycles. The van der Waals surface area contributed by atoms with Crippen molar-refractivity contribution in [1.82, 2.24) is 10.2 Å². The molecule has 0 spiro atoms. The SMILES string of the molecule is Cc1nnc(N2N=C(c3cc(F)ccc3F)SC2(c2cccc([N+](=O)[O-])c2)C(CCN)c2cccc([N+](=O)[O-])c2)s1. The van der Waals surface area contributed by atoms with Crippen molar-refractivity contribution in [2.75, 3.05) is 11.6 Å². The van der Waals surface area contributed by atoms with E-state index in [1.807, 2.05) is 0 Å². The number of aryl methyl sites for hydroxylation is 1. The van der Waals surface area contributed by atoms with Gasteiger partial charge in [-0.25, -0.2) is 13.8 Å². The number of aromatic nitrogens is 2. The van der Waals surface area contributed by atoms with Gasteiger partial charge in [-0.2, -0.15) is 5.10 Å². The normalized spacial score (nSPS) is 17.4. The van der Waals surface area contributed by atoms with E-state index in [1.165, 1.54) is 52.7 Å². The van der Waals surface area contributed by atoms with Crippen molar-refractivity contribution in [2.45, 2.75) is 24.1 Å².